The summed E-state index contributed by atoms with van der Waals surface area (Å²) < 4.78 is 0. The topological polar surface area (TPSA) is 91.3 Å². The van der Waals surface area contributed by atoms with E-state index in [0.717, 1.165) is 28.2 Å². The quantitative estimate of drug-likeness (QED) is 0.810. The van der Waals surface area contributed by atoms with E-state index in [4.69, 9.17) is 5.11 Å². The fourth-order valence-electron chi connectivity index (χ4n) is 1.88. The summed E-state index contributed by atoms with van der Waals surface area (Å²) in [5.41, 5.74) is 3.30. The van der Waals surface area contributed by atoms with Gasteiger partial charge in [-0.15, -0.1) is 0 Å². The molecule has 7 heteroatoms. The number of carboxylic acid groups (broad SMARTS) is 1. The highest BCUT2D eigenvalue weighted by Gasteiger charge is 2.17. The average Bonchev–Trinajstić information content (AvgIpc) is 2.72. The second-order valence-corrected chi connectivity index (χ2v) is 5.64. The minimum atomic E-state index is -1.20. The Bertz CT molecular complexity index is 709. The molecule has 3 N–H and O–H groups in total. The number of nitrogens with one attached hydrogen (secondary N) is 2. The van der Waals surface area contributed by atoms with Gasteiger partial charge in [-0.25, -0.2) is 9.78 Å². The molecule has 2 rings (SSSR count). The number of nitrogens with zero attached hydrogens (tertiary/aromatic N) is 1. The van der Waals surface area contributed by atoms with Gasteiger partial charge in [0.05, 0.1) is 5.69 Å². The number of carbonyl (C=O) groups is 2. The Kier molecular flexibility index (Phi) is 4.23. The normalized spacial score (nSPS) is 10.2. The number of benzene rings is 1. The highest BCUT2D eigenvalue weighted by atomic mass is 32.1. The standard InChI is InChI=1S/C14H15N3O3S/c1-7-4-5-10(8(2)6-7)16-12(18)11-9(3)15-13(21-11)17-14(19)20/h4-6H,1-3H3,(H,15,17)(H,16,18)(H,19,20). The first-order valence-corrected chi connectivity index (χ1v) is 7.04. The molecule has 2 amide bonds. The van der Waals surface area contributed by atoms with Gasteiger partial charge in [-0.05, 0) is 32.4 Å². The van der Waals surface area contributed by atoms with Crippen LogP contribution in [0.5, 0.6) is 0 Å². The molecular formula is C14H15N3O3S. The molecular weight excluding hydrogens is 290 g/mol. The van der Waals surface area contributed by atoms with E-state index in [-0.39, 0.29) is 11.0 Å². The van der Waals surface area contributed by atoms with Gasteiger partial charge in [0.25, 0.3) is 5.91 Å². The Balaban J connectivity index is 2.20. The molecule has 1 aromatic carbocycles. The van der Waals surface area contributed by atoms with Gasteiger partial charge in [-0.1, -0.05) is 29.0 Å². The maximum atomic E-state index is 12.3. The molecule has 0 aliphatic carbocycles. The summed E-state index contributed by atoms with van der Waals surface area (Å²) in [5, 5.41) is 13.8. The minimum absolute atomic E-state index is 0.186. The maximum Gasteiger partial charge on any atom is 0.410 e. The van der Waals surface area contributed by atoms with E-state index in [2.05, 4.69) is 15.6 Å². The van der Waals surface area contributed by atoms with Crippen LogP contribution in [-0.2, 0) is 0 Å². The molecule has 1 heterocycles. The molecule has 0 fully saturated rings. The molecule has 0 spiro atoms. The molecule has 0 atom stereocenters. The highest BCUT2D eigenvalue weighted by Crippen LogP contribution is 2.24. The van der Waals surface area contributed by atoms with Crippen molar-refractivity contribution in [1.29, 1.82) is 0 Å². The Hall–Kier alpha value is -2.41. The summed E-state index contributed by atoms with van der Waals surface area (Å²) in [6, 6.07) is 5.74. The Morgan fingerprint density at radius 1 is 1.19 bits per heavy atom. The van der Waals surface area contributed by atoms with E-state index >= 15 is 0 Å². The number of rotatable bonds is 3. The first kappa shape index (κ1) is 15.0. The molecule has 6 nitrogen and oxygen atoms in total. The SMILES string of the molecule is Cc1ccc(NC(=O)c2sc(NC(=O)O)nc2C)c(C)c1. The molecule has 0 saturated carbocycles. The molecule has 110 valence electrons. The summed E-state index contributed by atoms with van der Waals surface area (Å²) in [6.07, 6.45) is -1.20. The number of anilines is 2. The molecule has 2 aromatic rings. The average molecular weight is 305 g/mol. The van der Waals surface area contributed by atoms with Gasteiger partial charge in [-0.3, -0.25) is 10.1 Å². The van der Waals surface area contributed by atoms with Crippen molar-refractivity contribution in [3.63, 3.8) is 0 Å². The third-order valence-electron chi connectivity index (χ3n) is 2.85. The fourth-order valence-corrected chi connectivity index (χ4v) is 2.74. The maximum absolute atomic E-state index is 12.3. The lowest BCUT2D eigenvalue weighted by Gasteiger charge is -2.08. The summed E-state index contributed by atoms with van der Waals surface area (Å²) in [4.78, 5) is 27.2. The van der Waals surface area contributed by atoms with Gasteiger partial charge in [0.1, 0.15) is 4.88 Å². The van der Waals surface area contributed by atoms with Crippen molar-refractivity contribution in [2.45, 2.75) is 20.8 Å². The third kappa shape index (κ3) is 3.57. The smallest absolute Gasteiger partial charge is 0.410 e. The Morgan fingerprint density at radius 2 is 1.90 bits per heavy atom. The van der Waals surface area contributed by atoms with Crippen molar-refractivity contribution in [3.8, 4) is 0 Å². The van der Waals surface area contributed by atoms with Crippen LogP contribution in [0.4, 0.5) is 15.6 Å². The van der Waals surface area contributed by atoms with Crippen molar-refractivity contribution in [1.82, 2.24) is 4.98 Å². The largest absolute Gasteiger partial charge is 0.465 e. The molecule has 21 heavy (non-hydrogen) atoms. The molecule has 0 saturated heterocycles. The van der Waals surface area contributed by atoms with Crippen molar-refractivity contribution >= 4 is 34.2 Å². The van der Waals surface area contributed by atoms with Crippen molar-refractivity contribution in [2.24, 2.45) is 0 Å². The van der Waals surface area contributed by atoms with Crippen molar-refractivity contribution in [3.05, 3.63) is 39.9 Å². The van der Waals surface area contributed by atoms with E-state index in [9.17, 15) is 9.59 Å². The van der Waals surface area contributed by atoms with Crippen LogP contribution in [0.15, 0.2) is 18.2 Å². The Labute approximate surface area is 125 Å². The molecule has 0 unspecified atom stereocenters. The summed E-state index contributed by atoms with van der Waals surface area (Å²) in [5.74, 6) is -0.296. The highest BCUT2D eigenvalue weighted by molar-refractivity contribution is 7.17. The van der Waals surface area contributed by atoms with Gasteiger partial charge < -0.3 is 10.4 Å². The third-order valence-corrected chi connectivity index (χ3v) is 3.92. The minimum Gasteiger partial charge on any atom is -0.465 e. The van der Waals surface area contributed by atoms with Gasteiger partial charge in [0.15, 0.2) is 5.13 Å². The lowest BCUT2D eigenvalue weighted by molar-refractivity contribution is 0.102. The predicted molar refractivity (Wildman–Crippen MR) is 82.4 cm³/mol. The first-order valence-electron chi connectivity index (χ1n) is 6.23. The summed E-state index contributed by atoms with van der Waals surface area (Å²) in [7, 11) is 0. The number of carbonyl (C=O) groups excluding carboxylic acids is 1. The number of hydrogen-bond donors (Lipinski definition) is 3. The van der Waals surface area contributed by atoms with E-state index in [1.54, 1.807) is 6.92 Å². The second kappa shape index (κ2) is 5.92. The van der Waals surface area contributed by atoms with Crippen molar-refractivity contribution in [2.75, 3.05) is 10.6 Å². The van der Waals surface area contributed by atoms with Gasteiger partial charge in [0.2, 0.25) is 0 Å². The zero-order chi connectivity index (χ0) is 15.6. The van der Waals surface area contributed by atoms with Crippen LogP contribution in [0.3, 0.4) is 0 Å². The molecule has 1 aromatic heterocycles. The van der Waals surface area contributed by atoms with E-state index in [0.29, 0.717) is 10.6 Å². The number of amides is 2. The monoisotopic (exact) mass is 305 g/mol. The molecule has 0 aliphatic heterocycles. The number of aryl methyl sites for hydroxylation is 3. The fraction of sp³-hybridized carbons (Fsp3) is 0.214. The first-order chi connectivity index (χ1) is 9.86. The summed E-state index contributed by atoms with van der Waals surface area (Å²) >= 11 is 1.01. The van der Waals surface area contributed by atoms with Gasteiger partial charge in [0, 0.05) is 5.69 Å². The van der Waals surface area contributed by atoms with Gasteiger partial charge in [-0.2, -0.15) is 0 Å². The van der Waals surface area contributed by atoms with Crippen LogP contribution >= 0.6 is 11.3 Å². The molecule has 0 bridgehead atoms. The van der Waals surface area contributed by atoms with Crippen molar-refractivity contribution < 1.29 is 14.7 Å². The zero-order valence-corrected chi connectivity index (χ0v) is 12.7. The van der Waals surface area contributed by atoms with E-state index in [1.807, 2.05) is 32.0 Å². The number of hydrogen-bond acceptors (Lipinski definition) is 4. The lowest BCUT2D eigenvalue weighted by Crippen LogP contribution is -2.12. The second-order valence-electron chi connectivity index (χ2n) is 4.64. The van der Waals surface area contributed by atoms with Gasteiger partial charge >= 0.3 is 6.09 Å². The zero-order valence-electron chi connectivity index (χ0n) is 11.9. The number of thiazole rings is 1. The van der Waals surface area contributed by atoms with Crippen LogP contribution in [0.2, 0.25) is 0 Å². The van der Waals surface area contributed by atoms with Crippen LogP contribution in [0.1, 0.15) is 26.5 Å². The predicted octanol–water partition coefficient (Wildman–Crippen LogP) is 3.41. The summed E-state index contributed by atoms with van der Waals surface area (Å²) in [6.45, 7) is 5.57. The van der Waals surface area contributed by atoms with Crippen LogP contribution in [0.25, 0.3) is 0 Å². The van der Waals surface area contributed by atoms with Crippen LogP contribution in [-0.4, -0.2) is 22.1 Å². The molecule has 0 radical (unpaired) electrons. The lowest BCUT2D eigenvalue weighted by atomic mass is 10.1. The number of aromatic nitrogens is 1. The van der Waals surface area contributed by atoms with Crippen LogP contribution in [0, 0.1) is 20.8 Å². The van der Waals surface area contributed by atoms with E-state index in [1.165, 1.54) is 0 Å². The van der Waals surface area contributed by atoms with Crippen LogP contribution < -0.4 is 10.6 Å². The van der Waals surface area contributed by atoms with E-state index < -0.39 is 6.09 Å². The molecule has 0 aliphatic rings. The Morgan fingerprint density at radius 3 is 2.52 bits per heavy atom.